The molecule has 0 saturated carbocycles. The number of amides is 1. The zero-order valence-corrected chi connectivity index (χ0v) is 18.3. The number of halogens is 2. The Morgan fingerprint density at radius 3 is 2.67 bits per heavy atom. The Labute approximate surface area is 174 Å². The molecule has 1 aromatic carbocycles. The highest BCUT2D eigenvalue weighted by Crippen LogP contribution is 2.25. The maximum absolute atomic E-state index is 12.7. The van der Waals surface area contributed by atoms with Gasteiger partial charge in [0.1, 0.15) is 10.9 Å². The fraction of sp³-hybridized carbons (Fsp3) is 0.562. The summed E-state index contributed by atoms with van der Waals surface area (Å²) in [5.41, 5.74) is 0. The van der Waals surface area contributed by atoms with Crippen LogP contribution < -0.4 is 10.0 Å². The first-order valence-electron chi connectivity index (χ1n) is 8.12. The van der Waals surface area contributed by atoms with Crippen molar-refractivity contribution in [2.24, 2.45) is 0 Å². The summed E-state index contributed by atoms with van der Waals surface area (Å²) < 4.78 is 37.8. The van der Waals surface area contributed by atoms with Gasteiger partial charge in [-0.25, -0.2) is 8.42 Å². The van der Waals surface area contributed by atoms with Gasteiger partial charge in [-0.1, -0.05) is 23.2 Å². The van der Waals surface area contributed by atoms with E-state index in [0.29, 0.717) is 32.0 Å². The number of carbonyl (C=O) groups excluding carboxylic acids is 1. The molecule has 0 fully saturated rings. The Hall–Kier alpha value is -0.550. The van der Waals surface area contributed by atoms with Crippen LogP contribution in [0.1, 0.15) is 6.42 Å². The van der Waals surface area contributed by atoms with Gasteiger partial charge in [0.15, 0.2) is 0 Å². The Bertz CT molecular complexity index is 704. The number of hydrogen-bond acceptors (Lipinski definition) is 6. The van der Waals surface area contributed by atoms with E-state index < -0.39 is 22.0 Å². The third-order valence-electron chi connectivity index (χ3n) is 3.38. The molecule has 11 heteroatoms. The lowest BCUT2D eigenvalue weighted by Gasteiger charge is -2.19. The lowest BCUT2D eigenvalue weighted by atomic mass is 10.2. The number of ether oxygens (including phenoxy) is 2. The molecule has 7 nitrogen and oxygen atoms in total. The number of thioether (sulfide) groups is 1. The Balaban J connectivity index is 2.75. The average molecular weight is 459 g/mol. The number of carbonyl (C=O) groups is 1. The molecule has 0 aliphatic heterocycles. The van der Waals surface area contributed by atoms with Crippen LogP contribution in [0.25, 0.3) is 0 Å². The summed E-state index contributed by atoms with van der Waals surface area (Å²) in [6.07, 6.45) is 2.20. The van der Waals surface area contributed by atoms with Crippen molar-refractivity contribution >= 4 is 50.9 Å². The van der Waals surface area contributed by atoms with Crippen molar-refractivity contribution in [1.29, 1.82) is 0 Å². The van der Waals surface area contributed by atoms with Gasteiger partial charge in [-0.15, -0.1) is 0 Å². The molecule has 0 saturated heterocycles. The maximum Gasteiger partial charge on any atom is 0.242 e. The predicted octanol–water partition coefficient (Wildman–Crippen LogP) is 2.17. The van der Waals surface area contributed by atoms with E-state index in [9.17, 15) is 13.2 Å². The van der Waals surface area contributed by atoms with Crippen LogP contribution in [-0.4, -0.2) is 65.9 Å². The maximum atomic E-state index is 12.7. The molecule has 1 aromatic rings. The zero-order valence-electron chi connectivity index (χ0n) is 15.2. The normalized spacial score (nSPS) is 12.7. The Morgan fingerprint density at radius 2 is 2.00 bits per heavy atom. The molecule has 0 radical (unpaired) electrons. The van der Waals surface area contributed by atoms with Crippen LogP contribution >= 0.6 is 35.0 Å². The highest BCUT2D eigenvalue weighted by molar-refractivity contribution is 7.98. The van der Waals surface area contributed by atoms with Crippen molar-refractivity contribution in [3.8, 4) is 0 Å². The molecule has 0 aliphatic carbocycles. The number of methoxy groups -OCH3 is 1. The summed E-state index contributed by atoms with van der Waals surface area (Å²) in [6.45, 7) is 1.45. The summed E-state index contributed by atoms with van der Waals surface area (Å²) in [7, 11) is -2.45. The Kier molecular flexibility index (Phi) is 11.6. The third-order valence-corrected chi connectivity index (χ3v) is 6.22. The van der Waals surface area contributed by atoms with E-state index >= 15 is 0 Å². The monoisotopic (exact) mass is 458 g/mol. The predicted molar refractivity (Wildman–Crippen MR) is 109 cm³/mol. The topological polar surface area (TPSA) is 93.7 Å². The van der Waals surface area contributed by atoms with E-state index in [0.717, 1.165) is 0 Å². The van der Waals surface area contributed by atoms with Crippen molar-refractivity contribution in [3.63, 3.8) is 0 Å². The molecule has 1 amide bonds. The van der Waals surface area contributed by atoms with Gasteiger partial charge in [0.05, 0.1) is 24.8 Å². The number of nitrogens with one attached hydrogen (secondary N) is 2. The quantitative estimate of drug-likeness (QED) is 0.440. The molecule has 0 aliphatic rings. The molecule has 0 heterocycles. The molecule has 0 spiro atoms. The van der Waals surface area contributed by atoms with Gasteiger partial charge in [0, 0.05) is 18.7 Å². The second-order valence-corrected chi connectivity index (χ2v) is 8.94. The van der Waals surface area contributed by atoms with Gasteiger partial charge in [-0.3, -0.25) is 4.79 Å². The smallest absolute Gasteiger partial charge is 0.242 e. The van der Waals surface area contributed by atoms with E-state index in [1.807, 2.05) is 6.26 Å². The van der Waals surface area contributed by atoms with Crippen molar-refractivity contribution in [2.75, 3.05) is 45.5 Å². The van der Waals surface area contributed by atoms with Gasteiger partial charge in [0.25, 0.3) is 0 Å². The minimum absolute atomic E-state index is 0.0301. The largest absolute Gasteiger partial charge is 0.382 e. The number of sulfonamides is 1. The second kappa shape index (κ2) is 12.8. The van der Waals surface area contributed by atoms with Crippen LogP contribution in [0.15, 0.2) is 23.1 Å². The van der Waals surface area contributed by atoms with Crippen molar-refractivity contribution in [3.05, 3.63) is 28.2 Å². The van der Waals surface area contributed by atoms with Crippen LogP contribution in [0.4, 0.5) is 0 Å². The minimum atomic E-state index is -4.01. The van der Waals surface area contributed by atoms with E-state index in [-0.39, 0.29) is 21.5 Å². The van der Waals surface area contributed by atoms with Gasteiger partial charge >= 0.3 is 0 Å². The molecule has 1 rings (SSSR count). The molecule has 1 unspecified atom stereocenters. The van der Waals surface area contributed by atoms with Gasteiger partial charge in [0.2, 0.25) is 15.9 Å². The first kappa shape index (κ1) is 24.5. The van der Waals surface area contributed by atoms with Crippen LogP contribution in [-0.2, 0) is 24.3 Å². The highest BCUT2D eigenvalue weighted by atomic mass is 35.5. The van der Waals surface area contributed by atoms with Crippen LogP contribution in [0, 0.1) is 0 Å². The summed E-state index contributed by atoms with van der Waals surface area (Å²) in [5, 5.41) is 2.93. The lowest BCUT2D eigenvalue weighted by Crippen LogP contribution is -2.47. The molecule has 27 heavy (non-hydrogen) atoms. The van der Waals surface area contributed by atoms with Crippen LogP contribution in [0.2, 0.25) is 10.0 Å². The number of benzene rings is 1. The fourth-order valence-electron chi connectivity index (χ4n) is 2.03. The highest BCUT2D eigenvalue weighted by Gasteiger charge is 2.27. The minimum Gasteiger partial charge on any atom is -0.382 e. The van der Waals surface area contributed by atoms with E-state index in [2.05, 4.69) is 10.0 Å². The second-order valence-electron chi connectivity index (χ2n) is 5.43. The SMILES string of the molecule is COCCOCCNC(=O)C(CCSC)NS(=O)(=O)c1cc(Cl)ccc1Cl. The summed E-state index contributed by atoms with van der Waals surface area (Å²) in [6, 6.07) is 3.20. The third kappa shape index (κ3) is 8.99. The van der Waals surface area contributed by atoms with Gasteiger partial charge in [-0.05, 0) is 36.6 Å². The van der Waals surface area contributed by atoms with Crippen LogP contribution in [0.5, 0.6) is 0 Å². The summed E-state index contributed by atoms with van der Waals surface area (Å²) in [4.78, 5) is 12.2. The number of rotatable bonds is 13. The van der Waals surface area contributed by atoms with Crippen molar-refractivity contribution < 1.29 is 22.7 Å². The van der Waals surface area contributed by atoms with Crippen LogP contribution in [0.3, 0.4) is 0 Å². The van der Waals surface area contributed by atoms with Crippen molar-refractivity contribution in [1.82, 2.24) is 10.0 Å². The molecule has 2 N–H and O–H groups in total. The number of hydrogen-bond donors (Lipinski definition) is 2. The van der Waals surface area contributed by atoms with Gasteiger partial charge < -0.3 is 14.8 Å². The molecule has 1 atom stereocenters. The van der Waals surface area contributed by atoms with Gasteiger partial charge in [-0.2, -0.15) is 16.5 Å². The average Bonchev–Trinajstić information content (AvgIpc) is 2.63. The lowest BCUT2D eigenvalue weighted by molar-refractivity contribution is -0.123. The Morgan fingerprint density at radius 1 is 1.26 bits per heavy atom. The van der Waals surface area contributed by atoms with Crippen molar-refractivity contribution in [2.45, 2.75) is 17.4 Å². The standard InChI is InChI=1S/C16H24Cl2N2O5S2/c1-24-8-9-25-7-6-19-16(21)14(5-10-26-2)20-27(22,23)15-11-12(17)3-4-13(15)18/h3-4,11,14,20H,5-10H2,1-2H3,(H,19,21). The first-order valence-corrected chi connectivity index (χ1v) is 11.8. The fourth-order valence-corrected chi connectivity index (χ4v) is 4.49. The summed E-state index contributed by atoms with van der Waals surface area (Å²) >= 11 is 13.4. The first-order chi connectivity index (χ1) is 12.8. The molecule has 154 valence electrons. The molecule has 0 bridgehead atoms. The van der Waals surface area contributed by atoms with E-state index in [1.165, 1.54) is 30.0 Å². The zero-order chi connectivity index (χ0) is 20.3. The molecular weight excluding hydrogens is 435 g/mol. The molecular formula is C16H24Cl2N2O5S2. The summed E-state index contributed by atoms with van der Waals surface area (Å²) in [5.74, 6) is 0.176. The van der Waals surface area contributed by atoms with E-state index in [4.69, 9.17) is 32.7 Å². The molecule has 0 aromatic heterocycles. The van der Waals surface area contributed by atoms with E-state index in [1.54, 1.807) is 7.11 Å².